The number of esters is 1. The number of thiazole rings is 1. The fourth-order valence-corrected chi connectivity index (χ4v) is 3.15. The lowest BCUT2D eigenvalue weighted by Gasteiger charge is -2.07. The topological polar surface area (TPSA) is 57.7 Å². The first kappa shape index (κ1) is 18.2. The number of benzene rings is 2. The number of nitrogens with zero attached hydrogens (tertiary/aromatic N) is 1. The van der Waals surface area contributed by atoms with Crippen molar-refractivity contribution in [1.82, 2.24) is 4.98 Å². The van der Waals surface area contributed by atoms with Gasteiger partial charge in [-0.1, -0.05) is 35.9 Å². The minimum atomic E-state index is -0.485. The number of hydrogen-bond acceptors (Lipinski definition) is 6. The maximum absolute atomic E-state index is 11.8. The van der Waals surface area contributed by atoms with Gasteiger partial charge in [0, 0.05) is 10.9 Å². The van der Waals surface area contributed by atoms with Crippen molar-refractivity contribution in [3.8, 4) is 22.1 Å². The van der Waals surface area contributed by atoms with E-state index in [4.69, 9.17) is 25.8 Å². The molecule has 0 saturated carbocycles. The Kier molecular flexibility index (Phi) is 6.09. The van der Waals surface area contributed by atoms with Gasteiger partial charge in [0.05, 0.1) is 17.8 Å². The third-order valence-corrected chi connectivity index (χ3v) is 4.68. The molecule has 5 nitrogen and oxygen atoms in total. The Morgan fingerprint density at radius 2 is 2.04 bits per heavy atom. The number of carbonyl (C=O) groups excluding carboxylic acids is 1. The summed E-state index contributed by atoms with van der Waals surface area (Å²) in [5, 5.41) is 3.14. The summed E-state index contributed by atoms with van der Waals surface area (Å²) in [5.41, 5.74) is 1.63. The fourth-order valence-electron chi connectivity index (χ4n) is 2.16. The van der Waals surface area contributed by atoms with Crippen molar-refractivity contribution in [1.29, 1.82) is 0 Å². The zero-order chi connectivity index (χ0) is 18.4. The average Bonchev–Trinajstić information content (AvgIpc) is 3.15. The van der Waals surface area contributed by atoms with Crippen LogP contribution in [0.3, 0.4) is 0 Å². The highest BCUT2D eigenvalue weighted by Gasteiger charge is 2.10. The molecule has 0 atom stereocenters. The number of aromatic nitrogens is 1. The lowest BCUT2D eigenvalue weighted by Crippen LogP contribution is -2.15. The molecule has 2 aromatic carbocycles. The normalized spacial score (nSPS) is 10.4. The smallest absolute Gasteiger partial charge is 0.344 e. The molecule has 3 aromatic rings. The number of hydrogen-bond donors (Lipinski definition) is 0. The van der Waals surface area contributed by atoms with E-state index < -0.39 is 5.97 Å². The molecule has 0 spiro atoms. The first-order valence-electron chi connectivity index (χ1n) is 7.77. The van der Waals surface area contributed by atoms with E-state index in [1.54, 1.807) is 31.4 Å². The van der Waals surface area contributed by atoms with Gasteiger partial charge in [-0.25, -0.2) is 9.78 Å². The molecule has 3 rings (SSSR count). The lowest BCUT2D eigenvalue weighted by molar-refractivity contribution is -0.147. The van der Waals surface area contributed by atoms with E-state index in [1.165, 1.54) is 11.3 Å². The third-order valence-electron chi connectivity index (χ3n) is 3.43. The van der Waals surface area contributed by atoms with E-state index in [0.29, 0.717) is 16.5 Å². The van der Waals surface area contributed by atoms with E-state index >= 15 is 0 Å². The highest BCUT2D eigenvalue weighted by Crippen LogP contribution is 2.27. The number of ether oxygens (including phenoxy) is 3. The highest BCUT2D eigenvalue weighted by molar-refractivity contribution is 7.13. The second-order valence-electron chi connectivity index (χ2n) is 5.26. The molecule has 1 heterocycles. The Labute approximate surface area is 160 Å². The molecular weight excluding hydrogens is 374 g/mol. The molecule has 0 saturated heterocycles. The Balaban J connectivity index is 1.53. The summed E-state index contributed by atoms with van der Waals surface area (Å²) < 4.78 is 15.8. The summed E-state index contributed by atoms with van der Waals surface area (Å²) in [7, 11) is 1.62. The molecule has 0 radical (unpaired) electrons. The van der Waals surface area contributed by atoms with E-state index in [1.807, 2.05) is 29.6 Å². The van der Waals surface area contributed by atoms with Gasteiger partial charge in [-0.15, -0.1) is 11.3 Å². The van der Waals surface area contributed by atoms with E-state index in [2.05, 4.69) is 4.98 Å². The van der Waals surface area contributed by atoms with Crippen molar-refractivity contribution in [3.63, 3.8) is 0 Å². The van der Waals surface area contributed by atoms with E-state index in [-0.39, 0.29) is 13.2 Å². The molecule has 0 bridgehead atoms. The van der Waals surface area contributed by atoms with Crippen LogP contribution in [0.25, 0.3) is 10.6 Å². The summed E-state index contributed by atoms with van der Waals surface area (Å²) >= 11 is 7.45. The van der Waals surface area contributed by atoms with Crippen LogP contribution in [0.4, 0.5) is 0 Å². The lowest BCUT2D eigenvalue weighted by atomic mass is 10.2. The number of para-hydroxylation sites is 1. The minimum Gasteiger partial charge on any atom is -0.497 e. The van der Waals surface area contributed by atoms with Crippen molar-refractivity contribution < 1.29 is 19.0 Å². The predicted molar refractivity (Wildman–Crippen MR) is 101 cm³/mol. The predicted octanol–water partition coefficient (Wildman–Crippen LogP) is 4.59. The second kappa shape index (κ2) is 8.69. The van der Waals surface area contributed by atoms with Gasteiger partial charge in [0.25, 0.3) is 0 Å². The quantitative estimate of drug-likeness (QED) is 0.553. The van der Waals surface area contributed by atoms with Gasteiger partial charge in [0.1, 0.15) is 23.1 Å². The van der Waals surface area contributed by atoms with Crippen LogP contribution in [0.5, 0.6) is 11.5 Å². The van der Waals surface area contributed by atoms with Crippen molar-refractivity contribution in [3.05, 3.63) is 64.6 Å². The van der Waals surface area contributed by atoms with Crippen LogP contribution in [0.2, 0.25) is 5.02 Å². The van der Waals surface area contributed by atoms with Gasteiger partial charge in [-0.05, 0) is 24.3 Å². The Morgan fingerprint density at radius 1 is 1.19 bits per heavy atom. The van der Waals surface area contributed by atoms with Gasteiger partial charge in [0.2, 0.25) is 0 Å². The zero-order valence-corrected chi connectivity index (χ0v) is 15.5. The molecule has 0 aliphatic heterocycles. The van der Waals surface area contributed by atoms with Gasteiger partial charge < -0.3 is 14.2 Å². The molecule has 134 valence electrons. The van der Waals surface area contributed by atoms with Crippen LogP contribution in [0.15, 0.2) is 53.9 Å². The van der Waals surface area contributed by atoms with Crippen molar-refractivity contribution in [2.75, 3.05) is 13.7 Å². The molecule has 0 aliphatic carbocycles. The van der Waals surface area contributed by atoms with E-state index in [9.17, 15) is 4.79 Å². The number of rotatable bonds is 7. The summed E-state index contributed by atoms with van der Waals surface area (Å²) in [6, 6.07) is 14.6. The SMILES string of the molecule is COc1cccc(-c2nc(COC(=O)COc3ccccc3Cl)cs2)c1. The molecule has 0 fully saturated rings. The van der Waals surface area contributed by atoms with Crippen molar-refractivity contribution >= 4 is 28.9 Å². The standard InChI is InChI=1S/C19H16ClNO4S/c1-23-15-6-4-5-13(9-15)19-21-14(12-26-19)10-25-18(22)11-24-17-8-3-2-7-16(17)20/h2-9,12H,10-11H2,1H3. The number of halogens is 1. The number of methoxy groups -OCH3 is 1. The maximum Gasteiger partial charge on any atom is 0.344 e. The first-order chi connectivity index (χ1) is 12.7. The molecule has 0 amide bonds. The molecule has 0 unspecified atom stereocenters. The molecule has 0 aliphatic rings. The van der Waals surface area contributed by atoms with Crippen LogP contribution < -0.4 is 9.47 Å². The largest absolute Gasteiger partial charge is 0.497 e. The summed E-state index contributed by atoms with van der Waals surface area (Å²) in [5.74, 6) is 0.725. The van der Waals surface area contributed by atoms with Gasteiger partial charge in [-0.2, -0.15) is 0 Å². The van der Waals surface area contributed by atoms with Crippen LogP contribution >= 0.6 is 22.9 Å². The maximum atomic E-state index is 11.8. The van der Waals surface area contributed by atoms with Crippen LogP contribution in [-0.2, 0) is 16.1 Å². The van der Waals surface area contributed by atoms with Gasteiger partial charge in [0.15, 0.2) is 6.61 Å². The first-order valence-corrected chi connectivity index (χ1v) is 9.03. The molecular formula is C19H16ClNO4S. The molecule has 7 heteroatoms. The van der Waals surface area contributed by atoms with Crippen LogP contribution in [0, 0.1) is 0 Å². The molecule has 0 N–H and O–H groups in total. The minimum absolute atomic E-state index is 0.0885. The molecule has 26 heavy (non-hydrogen) atoms. The number of carbonyl (C=O) groups is 1. The van der Waals surface area contributed by atoms with Gasteiger partial charge in [-0.3, -0.25) is 0 Å². The van der Waals surface area contributed by atoms with Crippen molar-refractivity contribution in [2.24, 2.45) is 0 Å². The molecule has 1 aromatic heterocycles. The van der Waals surface area contributed by atoms with E-state index in [0.717, 1.165) is 16.3 Å². The van der Waals surface area contributed by atoms with Crippen molar-refractivity contribution in [2.45, 2.75) is 6.61 Å². The Hall–Kier alpha value is -2.57. The Bertz CT molecular complexity index is 897. The second-order valence-corrected chi connectivity index (χ2v) is 6.52. The average molecular weight is 390 g/mol. The zero-order valence-electron chi connectivity index (χ0n) is 14.0. The fraction of sp³-hybridized carbons (Fsp3) is 0.158. The Morgan fingerprint density at radius 3 is 2.85 bits per heavy atom. The monoisotopic (exact) mass is 389 g/mol. The van der Waals surface area contributed by atoms with Crippen LogP contribution in [-0.4, -0.2) is 24.7 Å². The third kappa shape index (κ3) is 4.74. The highest BCUT2D eigenvalue weighted by atomic mass is 35.5. The summed E-state index contributed by atoms with van der Waals surface area (Å²) in [6.45, 7) is -0.123. The summed E-state index contributed by atoms with van der Waals surface area (Å²) in [6.07, 6.45) is 0. The van der Waals surface area contributed by atoms with Crippen LogP contribution in [0.1, 0.15) is 5.69 Å². The summed E-state index contributed by atoms with van der Waals surface area (Å²) in [4.78, 5) is 16.3. The van der Waals surface area contributed by atoms with Gasteiger partial charge >= 0.3 is 5.97 Å².